The number of hydrogen-bond donors (Lipinski definition) is 3. The third-order valence-corrected chi connectivity index (χ3v) is 6.19. The van der Waals surface area contributed by atoms with Crippen LogP contribution in [-0.2, 0) is 10.0 Å². The number of benzene rings is 3. The maximum atomic E-state index is 13.4. The molecule has 0 unspecified atom stereocenters. The molecular weight excluding hydrogens is 476 g/mol. The van der Waals surface area contributed by atoms with Crippen LogP contribution in [0.15, 0.2) is 77.7 Å². The Morgan fingerprint density at radius 1 is 0.771 bits per heavy atom. The van der Waals surface area contributed by atoms with Crippen molar-refractivity contribution in [1.29, 1.82) is 0 Å². The highest BCUT2D eigenvalue weighted by Gasteiger charge is 2.16. The molecule has 0 fully saturated rings. The zero-order chi connectivity index (χ0) is 25.0. The molecule has 0 aliphatic heterocycles. The van der Waals surface area contributed by atoms with Gasteiger partial charge in [-0.15, -0.1) is 0 Å². The van der Waals surface area contributed by atoms with Crippen LogP contribution < -0.4 is 20.1 Å². The summed E-state index contributed by atoms with van der Waals surface area (Å²) < 4.78 is 58.9. The third-order valence-electron chi connectivity index (χ3n) is 4.81. The predicted molar refractivity (Wildman–Crippen MR) is 130 cm³/mol. The molecule has 0 saturated heterocycles. The number of anilines is 5. The molecule has 8 nitrogen and oxygen atoms in total. The minimum atomic E-state index is -4.09. The minimum absolute atomic E-state index is 0.243. The Kier molecular flexibility index (Phi) is 6.78. The fourth-order valence-electron chi connectivity index (χ4n) is 3.12. The highest BCUT2D eigenvalue weighted by molar-refractivity contribution is 7.92. The van der Waals surface area contributed by atoms with Gasteiger partial charge >= 0.3 is 0 Å². The second kappa shape index (κ2) is 9.94. The molecule has 35 heavy (non-hydrogen) atoms. The van der Waals surface area contributed by atoms with Gasteiger partial charge in [0.1, 0.15) is 11.6 Å². The average molecular weight is 498 g/mol. The SMILES string of the molecule is COc1ccc(Nc2cc(C)nc(Nc3ccc(NS(=O)(=O)c4ccc(F)c(F)c4)cc3)n2)cc1. The molecule has 3 N–H and O–H groups in total. The number of aryl methyl sites for hydroxylation is 1. The first-order valence-corrected chi connectivity index (χ1v) is 11.8. The van der Waals surface area contributed by atoms with E-state index in [0.717, 1.165) is 29.3 Å². The lowest BCUT2D eigenvalue weighted by molar-refractivity contribution is 0.415. The molecule has 1 heterocycles. The van der Waals surface area contributed by atoms with Gasteiger partial charge in [-0.05, 0) is 73.7 Å². The lowest BCUT2D eigenvalue weighted by Gasteiger charge is -2.12. The normalized spacial score (nSPS) is 11.1. The number of sulfonamides is 1. The number of nitrogens with zero attached hydrogens (tertiary/aromatic N) is 2. The third kappa shape index (κ3) is 6.01. The van der Waals surface area contributed by atoms with Crippen LogP contribution in [0, 0.1) is 18.6 Å². The molecule has 4 aromatic rings. The number of methoxy groups -OCH3 is 1. The summed E-state index contributed by atoms with van der Waals surface area (Å²) in [6.45, 7) is 1.84. The lowest BCUT2D eigenvalue weighted by Crippen LogP contribution is -2.13. The van der Waals surface area contributed by atoms with E-state index < -0.39 is 21.7 Å². The summed E-state index contributed by atoms with van der Waals surface area (Å²) in [5, 5.41) is 6.28. The molecule has 4 rings (SSSR count). The molecule has 11 heteroatoms. The van der Waals surface area contributed by atoms with Gasteiger partial charge in [-0.2, -0.15) is 4.98 Å². The van der Waals surface area contributed by atoms with Crippen molar-refractivity contribution >= 4 is 38.9 Å². The molecule has 0 amide bonds. The van der Waals surface area contributed by atoms with Crippen LogP contribution in [0.4, 0.5) is 37.6 Å². The molecule has 0 spiro atoms. The average Bonchev–Trinajstić information content (AvgIpc) is 2.82. The Bertz CT molecular complexity index is 1450. The van der Waals surface area contributed by atoms with Crippen LogP contribution in [-0.4, -0.2) is 25.5 Å². The monoisotopic (exact) mass is 497 g/mol. The van der Waals surface area contributed by atoms with Gasteiger partial charge in [0.2, 0.25) is 5.95 Å². The Morgan fingerprint density at radius 2 is 1.40 bits per heavy atom. The molecule has 0 aliphatic rings. The zero-order valence-corrected chi connectivity index (χ0v) is 19.5. The fourth-order valence-corrected chi connectivity index (χ4v) is 4.19. The summed E-state index contributed by atoms with van der Waals surface area (Å²) in [6, 6.07) is 17.9. The van der Waals surface area contributed by atoms with Gasteiger partial charge in [0, 0.05) is 28.8 Å². The highest BCUT2D eigenvalue weighted by atomic mass is 32.2. The summed E-state index contributed by atoms with van der Waals surface area (Å²) in [5.74, 6) is -0.698. The lowest BCUT2D eigenvalue weighted by atomic mass is 10.3. The Balaban J connectivity index is 1.45. The van der Waals surface area contributed by atoms with Crippen LogP contribution in [0.5, 0.6) is 5.75 Å². The van der Waals surface area contributed by atoms with Gasteiger partial charge < -0.3 is 15.4 Å². The maximum Gasteiger partial charge on any atom is 0.261 e. The van der Waals surface area contributed by atoms with E-state index in [1.165, 1.54) is 12.1 Å². The molecular formula is C24H21F2N5O3S. The van der Waals surface area contributed by atoms with E-state index >= 15 is 0 Å². The van der Waals surface area contributed by atoms with Crippen molar-refractivity contribution in [3.63, 3.8) is 0 Å². The quantitative estimate of drug-likeness (QED) is 0.301. The maximum absolute atomic E-state index is 13.4. The van der Waals surface area contributed by atoms with Crippen molar-refractivity contribution in [2.24, 2.45) is 0 Å². The molecule has 0 aliphatic carbocycles. The van der Waals surface area contributed by atoms with E-state index in [4.69, 9.17) is 4.74 Å². The number of hydrogen-bond acceptors (Lipinski definition) is 7. The number of aromatic nitrogens is 2. The first-order chi connectivity index (χ1) is 16.7. The van der Waals surface area contributed by atoms with Gasteiger partial charge in [0.05, 0.1) is 12.0 Å². The van der Waals surface area contributed by atoms with Gasteiger partial charge in [-0.1, -0.05) is 0 Å². The van der Waals surface area contributed by atoms with Gasteiger partial charge in [-0.3, -0.25) is 4.72 Å². The second-order valence-electron chi connectivity index (χ2n) is 7.46. The van der Waals surface area contributed by atoms with Gasteiger partial charge in [0.15, 0.2) is 11.6 Å². The van der Waals surface area contributed by atoms with E-state index in [1.807, 2.05) is 31.2 Å². The van der Waals surface area contributed by atoms with Gasteiger partial charge in [-0.25, -0.2) is 22.2 Å². The Morgan fingerprint density at radius 3 is 2.06 bits per heavy atom. The molecule has 180 valence electrons. The Labute approximate surface area is 201 Å². The number of ether oxygens (including phenoxy) is 1. The molecule has 0 saturated carbocycles. The van der Waals surface area contributed by atoms with Crippen molar-refractivity contribution in [2.75, 3.05) is 22.5 Å². The van der Waals surface area contributed by atoms with E-state index in [0.29, 0.717) is 23.5 Å². The van der Waals surface area contributed by atoms with Crippen LogP contribution in [0.2, 0.25) is 0 Å². The predicted octanol–water partition coefficient (Wildman–Crippen LogP) is 5.36. The standard InChI is InChI=1S/C24H21F2N5O3S/c1-15-13-23(28-16-7-9-19(34-2)10-8-16)30-24(27-15)29-17-3-5-18(6-4-17)31-35(32,33)20-11-12-21(25)22(26)14-20/h3-14,31H,1-2H3,(H2,27,28,29,30). The summed E-state index contributed by atoms with van der Waals surface area (Å²) in [5.41, 5.74) is 2.41. The smallest absolute Gasteiger partial charge is 0.261 e. The zero-order valence-electron chi connectivity index (χ0n) is 18.7. The van der Waals surface area contributed by atoms with E-state index in [-0.39, 0.29) is 10.6 Å². The van der Waals surface area contributed by atoms with Crippen molar-refractivity contribution in [3.8, 4) is 5.75 Å². The fraction of sp³-hybridized carbons (Fsp3) is 0.0833. The topological polar surface area (TPSA) is 105 Å². The summed E-state index contributed by atoms with van der Waals surface area (Å²) >= 11 is 0. The first kappa shape index (κ1) is 23.9. The van der Waals surface area contributed by atoms with E-state index in [9.17, 15) is 17.2 Å². The molecule has 0 radical (unpaired) electrons. The summed E-state index contributed by atoms with van der Waals surface area (Å²) in [7, 11) is -2.49. The molecule has 3 aromatic carbocycles. The van der Waals surface area contributed by atoms with Crippen molar-refractivity contribution in [1.82, 2.24) is 9.97 Å². The van der Waals surface area contributed by atoms with Crippen molar-refractivity contribution in [3.05, 3.63) is 90.1 Å². The minimum Gasteiger partial charge on any atom is -0.497 e. The second-order valence-corrected chi connectivity index (χ2v) is 9.14. The van der Waals surface area contributed by atoms with Crippen molar-refractivity contribution < 1.29 is 21.9 Å². The Hall–Kier alpha value is -4.25. The number of halogens is 2. The van der Waals surface area contributed by atoms with E-state index in [1.54, 1.807) is 25.3 Å². The molecule has 0 bridgehead atoms. The first-order valence-electron chi connectivity index (χ1n) is 10.3. The highest BCUT2D eigenvalue weighted by Crippen LogP contribution is 2.23. The van der Waals surface area contributed by atoms with Crippen molar-refractivity contribution in [2.45, 2.75) is 11.8 Å². The largest absolute Gasteiger partial charge is 0.497 e. The van der Waals surface area contributed by atoms with Crippen LogP contribution in [0.1, 0.15) is 5.69 Å². The summed E-state index contributed by atoms with van der Waals surface area (Å²) in [4.78, 5) is 8.45. The molecule has 0 atom stereocenters. The van der Waals surface area contributed by atoms with Crippen LogP contribution in [0.3, 0.4) is 0 Å². The van der Waals surface area contributed by atoms with Crippen LogP contribution in [0.25, 0.3) is 0 Å². The number of nitrogens with one attached hydrogen (secondary N) is 3. The van der Waals surface area contributed by atoms with Gasteiger partial charge in [0.25, 0.3) is 10.0 Å². The molecule has 1 aromatic heterocycles. The van der Waals surface area contributed by atoms with E-state index in [2.05, 4.69) is 25.3 Å². The van der Waals surface area contributed by atoms with Crippen LogP contribution >= 0.6 is 0 Å². The summed E-state index contributed by atoms with van der Waals surface area (Å²) in [6.07, 6.45) is 0. The number of rotatable bonds is 8.